The van der Waals surface area contributed by atoms with Crippen LogP contribution in [0.4, 0.5) is 0 Å². The first-order chi connectivity index (χ1) is 9.20. The van der Waals surface area contributed by atoms with E-state index in [1.54, 1.807) is 0 Å². The van der Waals surface area contributed by atoms with Gasteiger partial charge in [-0.2, -0.15) is 0 Å². The lowest BCUT2D eigenvalue weighted by Gasteiger charge is -2.00. The standard InChI is InChI=1S/C15H19N3O/c1-10-7-11(2)9-12(8-10)15-18-17-14(19-15)5-6-16-13-3-4-13/h7-9,13,16H,3-6H2,1-2H3. The number of nitrogens with zero attached hydrogens (tertiary/aromatic N) is 2. The van der Waals surface area contributed by atoms with Crippen molar-refractivity contribution in [3.8, 4) is 11.5 Å². The van der Waals surface area contributed by atoms with E-state index in [0.29, 0.717) is 11.8 Å². The molecule has 1 aromatic heterocycles. The van der Waals surface area contributed by atoms with Gasteiger partial charge in [-0.15, -0.1) is 10.2 Å². The second-order valence-corrected chi connectivity index (χ2v) is 5.36. The van der Waals surface area contributed by atoms with Crippen LogP contribution >= 0.6 is 0 Å². The van der Waals surface area contributed by atoms with Gasteiger partial charge in [-0.3, -0.25) is 0 Å². The molecule has 1 aliphatic rings. The Morgan fingerprint density at radius 3 is 2.58 bits per heavy atom. The molecule has 1 heterocycles. The van der Waals surface area contributed by atoms with Crippen LogP contribution in [0, 0.1) is 13.8 Å². The molecule has 0 amide bonds. The Labute approximate surface area is 113 Å². The second kappa shape index (κ2) is 5.13. The molecule has 2 aromatic rings. The van der Waals surface area contributed by atoms with Crippen LogP contribution < -0.4 is 5.32 Å². The summed E-state index contributed by atoms with van der Waals surface area (Å²) in [5, 5.41) is 11.7. The van der Waals surface area contributed by atoms with Gasteiger partial charge in [-0.25, -0.2) is 0 Å². The Morgan fingerprint density at radius 1 is 1.16 bits per heavy atom. The third kappa shape index (κ3) is 3.20. The van der Waals surface area contributed by atoms with Gasteiger partial charge < -0.3 is 9.73 Å². The zero-order valence-corrected chi connectivity index (χ0v) is 11.4. The molecule has 1 aliphatic carbocycles. The van der Waals surface area contributed by atoms with Crippen LogP contribution in [0.25, 0.3) is 11.5 Å². The molecule has 1 aromatic carbocycles. The zero-order valence-electron chi connectivity index (χ0n) is 11.4. The highest BCUT2D eigenvalue weighted by Gasteiger charge is 2.20. The van der Waals surface area contributed by atoms with Crippen LogP contribution in [0.5, 0.6) is 0 Å². The van der Waals surface area contributed by atoms with Crippen LogP contribution in [0.1, 0.15) is 29.9 Å². The predicted octanol–water partition coefficient (Wildman–Crippen LogP) is 2.65. The first-order valence-electron chi connectivity index (χ1n) is 6.85. The molecule has 0 radical (unpaired) electrons. The Morgan fingerprint density at radius 2 is 1.89 bits per heavy atom. The molecule has 0 aliphatic heterocycles. The van der Waals surface area contributed by atoms with Crippen molar-refractivity contribution < 1.29 is 4.42 Å². The molecule has 0 atom stereocenters. The normalized spacial score (nSPS) is 14.8. The van der Waals surface area contributed by atoms with Crippen LogP contribution in [-0.2, 0) is 6.42 Å². The molecule has 1 fully saturated rings. The van der Waals surface area contributed by atoms with Crippen molar-refractivity contribution in [2.24, 2.45) is 0 Å². The first-order valence-corrected chi connectivity index (χ1v) is 6.85. The Balaban J connectivity index is 1.68. The summed E-state index contributed by atoms with van der Waals surface area (Å²) in [4.78, 5) is 0. The highest BCUT2D eigenvalue weighted by atomic mass is 16.4. The first kappa shape index (κ1) is 12.4. The third-order valence-corrected chi connectivity index (χ3v) is 3.28. The third-order valence-electron chi connectivity index (χ3n) is 3.28. The quantitative estimate of drug-likeness (QED) is 0.894. The fourth-order valence-corrected chi connectivity index (χ4v) is 2.24. The van der Waals surface area contributed by atoms with Gasteiger partial charge >= 0.3 is 0 Å². The molecule has 1 saturated carbocycles. The summed E-state index contributed by atoms with van der Waals surface area (Å²) in [6.07, 6.45) is 3.41. The second-order valence-electron chi connectivity index (χ2n) is 5.36. The van der Waals surface area contributed by atoms with E-state index >= 15 is 0 Å². The van der Waals surface area contributed by atoms with Crippen LogP contribution in [0.3, 0.4) is 0 Å². The monoisotopic (exact) mass is 257 g/mol. The summed E-state index contributed by atoms with van der Waals surface area (Å²) in [6.45, 7) is 5.07. The molecule has 3 rings (SSSR count). The number of benzene rings is 1. The van der Waals surface area contributed by atoms with Gasteiger partial charge in [0.2, 0.25) is 11.8 Å². The number of hydrogen-bond acceptors (Lipinski definition) is 4. The molecule has 100 valence electrons. The van der Waals surface area contributed by atoms with E-state index in [-0.39, 0.29) is 0 Å². The van der Waals surface area contributed by atoms with E-state index in [2.05, 4.69) is 47.6 Å². The lowest BCUT2D eigenvalue weighted by molar-refractivity contribution is 0.494. The molecule has 0 spiro atoms. The SMILES string of the molecule is Cc1cc(C)cc(-c2nnc(CCNC3CC3)o2)c1. The van der Waals surface area contributed by atoms with Crippen LogP contribution in [-0.4, -0.2) is 22.8 Å². The molecule has 4 heteroatoms. The molecular formula is C15H19N3O. The zero-order chi connectivity index (χ0) is 13.2. The van der Waals surface area contributed by atoms with Crippen molar-refractivity contribution in [1.29, 1.82) is 0 Å². The summed E-state index contributed by atoms with van der Waals surface area (Å²) in [7, 11) is 0. The van der Waals surface area contributed by atoms with Gasteiger partial charge in [0.25, 0.3) is 0 Å². The lowest BCUT2D eigenvalue weighted by Crippen LogP contribution is -2.19. The Bertz CT molecular complexity index is 552. The van der Waals surface area contributed by atoms with Crippen LogP contribution in [0.2, 0.25) is 0 Å². The van der Waals surface area contributed by atoms with Crippen molar-refractivity contribution >= 4 is 0 Å². The molecule has 0 saturated heterocycles. The molecule has 19 heavy (non-hydrogen) atoms. The topological polar surface area (TPSA) is 51.0 Å². The largest absolute Gasteiger partial charge is 0.421 e. The highest BCUT2D eigenvalue weighted by Crippen LogP contribution is 2.21. The fourth-order valence-electron chi connectivity index (χ4n) is 2.24. The fraction of sp³-hybridized carbons (Fsp3) is 0.467. The smallest absolute Gasteiger partial charge is 0.247 e. The van der Waals surface area contributed by atoms with Crippen LogP contribution in [0.15, 0.2) is 22.6 Å². The van der Waals surface area contributed by atoms with Crippen molar-refractivity contribution in [3.05, 3.63) is 35.2 Å². The molecular weight excluding hydrogens is 238 g/mol. The van der Waals surface area contributed by atoms with E-state index in [9.17, 15) is 0 Å². The van der Waals surface area contributed by atoms with E-state index in [0.717, 1.165) is 24.6 Å². The van der Waals surface area contributed by atoms with E-state index in [1.807, 2.05) is 0 Å². The molecule has 0 unspecified atom stereocenters. The summed E-state index contributed by atoms with van der Waals surface area (Å²) >= 11 is 0. The Hall–Kier alpha value is -1.68. The van der Waals surface area contributed by atoms with E-state index in [1.165, 1.54) is 24.0 Å². The Kier molecular flexibility index (Phi) is 3.34. The summed E-state index contributed by atoms with van der Waals surface area (Å²) in [6, 6.07) is 7.02. The van der Waals surface area contributed by atoms with Gasteiger partial charge in [-0.1, -0.05) is 17.2 Å². The van der Waals surface area contributed by atoms with E-state index < -0.39 is 0 Å². The summed E-state index contributed by atoms with van der Waals surface area (Å²) < 4.78 is 5.72. The predicted molar refractivity (Wildman–Crippen MR) is 73.9 cm³/mol. The van der Waals surface area contributed by atoms with Crippen molar-refractivity contribution in [2.45, 2.75) is 39.2 Å². The van der Waals surface area contributed by atoms with Gasteiger partial charge in [0.15, 0.2) is 0 Å². The van der Waals surface area contributed by atoms with E-state index in [4.69, 9.17) is 4.42 Å². The summed E-state index contributed by atoms with van der Waals surface area (Å²) in [5.41, 5.74) is 3.43. The minimum absolute atomic E-state index is 0.619. The average Bonchev–Trinajstić information content (AvgIpc) is 3.04. The van der Waals surface area contributed by atoms with Crippen molar-refractivity contribution in [2.75, 3.05) is 6.54 Å². The van der Waals surface area contributed by atoms with Crippen molar-refractivity contribution in [3.63, 3.8) is 0 Å². The maximum atomic E-state index is 5.72. The summed E-state index contributed by atoms with van der Waals surface area (Å²) in [5.74, 6) is 1.33. The number of aromatic nitrogens is 2. The number of aryl methyl sites for hydroxylation is 2. The molecule has 1 N–H and O–H groups in total. The number of hydrogen-bond donors (Lipinski definition) is 1. The highest BCUT2D eigenvalue weighted by molar-refractivity contribution is 5.55. The van der Waals surface area contributed by atoms with Gasteiger partial charge in [0.1, 0.15) is 0 Å². The van der Waals surface area contributed by atoms with Gasteiger partial charge in [0.05, 0.1) is 0 Å². The molecule has 4 nitrogen and oxygen atoms in total. The average molecular weight is 257 g/mol. The number of rotatable bonds is 5. The van der Waals surface area contributed by atoms with Gasteiger partial charge in [-0.05, 0) is 38.8 Å². The van der Waals surface area contributed by atoms with Gasteiger partial charge in [0, 0.05) is 24.6 Å². The number of nitrogens with one attached hydrogen (secondary N) is 1. The lowest BCUT2D eigenvalue weighted by atomic mass is 10.1. The maximum absolute atomic E-state index is 5.72. The minimum Gasteiger partial charge on any atom is -0.421 e. The maximum Gasteiger partial charge on any atom is 0.247 e. The molecule has 0 bridgehead atoms. The minimum atomic E-state index is 0.619. The van der Waals surface area contributed by atoms with Crippen molar-refractivity contribution in [1.82, 2.24) is 15.5 Å².